The minimum Gasteiger partial charge on any atom is -0.306 e. The van der Waals surface area contributed by atoms with E-state index in [1.165, 1.54) is 24.8 Å². The van der Waals surface area contributed by atoms with Gasteiger partial charge in [-0.05, 0) is 31.2 Å². The Bertz CT molecular complexity index is 505. The van der Waals surface area contributed by atoms with Gasteiger partial charge in [-0.2, -0.15) is 5.10 Å². The molecule has 2 atom stereocenters. The van der Waals surface area contributed by atoms with Crippen molar-refractivity contribution in [3.63, 3.8) is 0 Å². The molecule has 4 nitrogen and oxygen atoms in total. The van der Waals surface area contributed by atoms with Crippen LogP contribution in [0.1, 0.15) is 37.8 Å². The Morgan fingerprint density at radius 2 is 2.10 bits per heavy atom. The summed E-state index contributed by atoms with van der Waals surface area (Å²) >= 11 is 0. The lowest BCUT2D eigenvalue weighted by Gasteiger charge is -2.35. The van der Waals surface area contributed by atoms with E-state index >= 15 is 0 Å². The van der Waals surface area contributed by atoms with Crippen molar-refractivity contribution >= 4 is 0 Å². The summed E-state index contributed by atoms with van der Waals surface area (Å²) in [5, 5.41) is 8.02. The fourth-order valence-corrected chi connectivity index (χ4v) is 2.85. The first-order chi connectivity index (χ1) is 9.83. The van der Waals surface area contributed by atoms with E-state index in [2.05, 4.69) is 52.7 Å². The van der Waals surface area contributed by atoms with Crippen LogP contribution in [0, 0.1) is 5.92 Å². The van der Waals surface area contributed by atoms with Crippen molar-refractivity contribution in [2.24, 2.45) is 5.92 Å². The zero-order valence-corrected chi connectivity index (χ0v) is 11.9. The molecule has 106 valence electrons. The normalized spacial score (nSPS) is 18.4. The van der Waals surface area contributed by atoms with E-state index in [4.69, 9.17) is 0 Å². The molecule has 1 saturated carbocycles. The molecular formula is C16H22N4. The van der Waals surface area contributed by atoms with Crippen LogP contribution in [0.15, 0.2) is 43.0 Å². The highest BCUT2D eigenvalue weighted by molar-refractivity contribution is 5.19. The van der Waals surface area contributed by atoms with Gasteiger partial charge in [0.15, 0.2) is 0 Å². The van der Waals surface area contributed by atoms with Crippen LogP contribution in [0.25, 0.3) is 0 Å². The van der Waals surface area contributed by atoms with Crippen LogP contribution in [0.5, 0.6) is 0 Å². The SMILES string of the molecule is C[C@@H](N[C@H](Cn1cncn1)c1ccccc1)C1CCC1. The molecule has 1 aliphatic rings. The molecule has 4 heteroatoms. The summed E-state index contributed by atoms with van der Waals surface area (Å²) in [6.07, 6.45) is 7.48. The van der Waals surface area contributed by atoms with Crippen LogP contribution in [-0.4, -0.2) is 20.8 Å². The molecule has 0 spiro atoms. The second kappa shape index (κ2) is 6.18. The number of hydrogen-bond donors (Lipinski definition) is 1. The van der Waals surface area contributed by atoms with Gasteiger partial charge < -0.3 is 5.32 Å². The first kappa shape index (κ1) is 13.3. The fourth-order valence-electron chi connectivity index (χ4n) is 2.85. The van der Waals surface area contributed by atoms with Crippen molar-refractivity contribution in [2.75, 3.05) is 0 Å². The zero-order valence-electron chi connectivity index (χ0n) is 11.9. The lowest BCUT2D eigenvalue weighted by molar-refractivity contribution is 0.220. The maximum Gasteiger partial charge on any atom is 0.137 e. The molecule has 0 aliphatic heterocycles. The van der Waals surface area contributed by atoms with Crippen LogP contribution in [-0.2, 0) is 6.54 Å². The quantitative estimate of drug-likeness (QED) is 0.877. The van der Waals surface area contributed by atoms with Crippen LogP contribution in [0.2, 0.25) is 0 Å². The molecule has 1 aromatic carbocycles. The van der Waals surface area contributed by atoms with Gasteiger partial charge in [0.25, 0.3) is 0 Å². The molecule has 0 radical (unpaired) electrons. The molecule has 1 heterocycles. The van der Waals surface area contributed by atoms with Crippen molar-refractivity contribution in [3.05, 3.63) is 48.5 Å². The van der Waals surface area contributed by atoms with Crippen LogP contribution in [0.4, 0.5) is 0 Å². The summed E-state index contributed by atoms with van der Waals surface area (Å²) in [6, 6.07) is 11.5. The first-order valence-corrected chi connectivity index (χ1v) is 7.46. The van der Waals surface area contributed by atoms with Gasteiger partial charge in [0.05, 0.1) is 12.6 Å². The van der Waals surface area contributed by atoms with Crippen molar-refractivity contribution < 1.29 is 0 Å². The predicted octanol–water partition coefficient (Wildman–Crippen LogP) is 2.80. The van der Waals surface area contributed by atoms with Gasteiger partial charge in [0.1, 0.15) is 12.7 Å². The summed E-state index contributed by atoms with van der Waals surface area (Å²) < 4.78 is 1.90. The van der Waals surface area contributed by atoms with E-state index in [0.717, 1.165) is 12.5 Å². The topological polar surface area (TPSA) is 42.7 Å². The third kappa shape index (κ3) is 3.07. The van der Waals surface area contributed by atoms with E-state index in [9.17, 15) is 0 Å². The number of rotatable bonds is 6. The highest BCUT2D eigenvalue weighted by Crippen LogP contribution is 2.30. The molecular weight excluding hydrogens is 248 g/mol. The second-order valence-corrected chi connectivity index (χ2v) is 5.73. The van der Waals surface area contributed by atoms with Crippen molar-refractivity contribution in [3.8, 4) is 0 Å². The second-order valence-electron chi connectivity index (χ2n) is 5.73. The Morgan fingerprint density at radius 1 is 1.30 bits per heavy atom. The van der Waals surface area contributed by atoms with E-state index < -0.39 is 0 Å². The minimum absolute atomic E-state index is 0.286. The third-order valence-electron chi connectivity index (χ3n) is 4.36. The van der Waals surface area contributed by atoms with E-state index in [1.807, 2.05) is 4.68 Å². The Hall–Kier alpha value is -1.68. The predicted molar refractivity (Wildman–Crippen MR) is 79.1 cm³/mol. The largest absolute Gasteiger partial charge is 0.306 e. The van der Waals surface area contributed by atoms with Crippen LogP contribution < -0.4 is 5.32 Å². The number of aromatic nitrogens is 3. The lowest BCUT2D eigenvalue weighted by atomic mass is 9.80. The van der Waals surface area contributed by atoms with Crippen molar-refractivity contribution in [1.82, 2.24) is 20.1 Å². The van der Waals surface area contributed by atoms with Crippen molar-refractivity contribution in [1.29, 1.82) is 0 Å². The first-order valence-electron chi connectivity index (χ1n) is 7.46. The molecule has 1 aromatic heterocycles. The number of nitrogens with one attached hydrogen (secondary N) is 1. The fraction of sp³-hybridized carbons (Fsp3) is 0.500. The van der Waals surface area contributed by atoms with Gasteiger partial charge in [-0.1, -0.05) is 36.8 Å². The Balaban J connectivity index is 1.72. The number of hydrogen-bond acceptors (Lipinski definition) is 3. The Morgan fingerprint density at radius 3 is 2.70 bits per heavy atom. The molecule has 1 aliphatic carbocycles. The molecule has 1 N–H and O–H groups in total. The summed E-state index contributed by atoms with van der Waals surface area (Å²) in [7, 11) is 0. The number of nitrogens with zero attached hydrogens (tertiary/aromatic N) is 3. The zero-order chi connectivity index (χ0) is 13.8. The average molecular weight is 270 g/mol. The van der Waals surface area contributed by atoms with Gasteiger partial charge in [-0.25, -0.2) is 4.98 Å². The standard InChI is InChI=1S/C16H22N4/c1-13(14-8-5-9-14)19-16(10-20-12-17-11-18-20)15-6-3-2-4-7-15/h2-4,6-7,11-14,16,19H,5,8-10H2,1H3/t13-,16-/m1/s1. The third-order valence-corrected chi connectivity index (χ3v) is 4.36. The molecule has 2 aromatic rings. The lowest BCUT2D eigenvalue weighted by Crippen LogP contribution is -2.40. The summed E-state index contributed by atoms with van der Waals surface area (Å²) in [4.78, 5) is 4.03. The summed E-state index contributed by atoms with van der Waals surface area (Å²) in [5.74, 6) is 0.831. The molecule has 0 bridgehead atoms. The van der Waals surface area contributed by atoms with Crippen LogP contribution in [0.3, 0.4) is 0 Å². The van der Waals surface area contributed by atoms with Gasteiger partial charge in [-0.15, -0.1) is 0 Å². The van der Waals surface area contributed by atoms with E-state index in [0.29, 0.717) is 6.04 Å². The molecule has 0 unspecified atom stereocenters. The molecule has 20 heavy (non-hydrogen) atoms. The van der Waals surface area contributed by atoms with E-state index in [1.54, 1.807) is 12.7 Å². The van der Waals surface area contributed by atoms with E-state index in [-0.39, 0.29) is 6.04 Å². The van der Waals surface area contributed by atoms with Crippen molar-refractivity contribution in [2.45, 2.75) is 44.8 Å². The molecule has 0 saturated heterocycles. The maximum absolute atomic E-state index is 4.23. The van der Waals surface area contributed by atoms with Gasteiger partial charge in [0, 0.05) is 6.04 Å². The Kier molecular flexibility index (Phi) is 4.11. The highest BCUT2D eigenvalue weighted by atomic mass is 15.3. The van der Waals surface area contributed by atoms with Gasteiger partial charge >= 0.3 is 0 Å². The van der Waals surface area contributed by atoms with Gasteiger partial charge in [-0.3, -0.25) is 4.68 Å². The van der Waals surface area contributed by atoms with Crippen LogP contribution >= 0.6 is 0 Å². The Labute approximate surface area is 120 Å². The maximum atomic E-state index is 4.23. The highest BCUT2D eigenvalue weighted by Gasteiger charge is 2.26. The molecule has 3 rings (SSSR count). The minimum atomic E-state index is 0.286. The average Bonchev–Trinajstić information content (AvgIpc) is 2.90. The molecule has 0 amide bonds. The smallest absolute Gasteiger partial charge is 0.137 e. The number of benzene rings is 1. The monoisotopic (exact) mass is 270 g/mol. The summed E-state index contributed by atoms with van der Waals surface area (Å²) in [5.41, 5.74) is 1.31. The molecule has 1 fully saturated rings. The summed E-state index contributed by atoms with van der Waals surface area (Å²) in [6.45, 7) is 3.13. The van der Waals surface area contributed by atoms with Gasteiger partial charge in [0.2, 0.25) is 0 Å².